The van der Waals surface area contributed by atoms with Crippen molar-refractivity contribution >= 4 is 17.0 Å². The number of nitrogens with zero attached hydrogens (tertiary/aromatic N) is 1. The molecule has 3 nitrogen and oxygen atoms in total. The molecule has 0 radical (unpaired) electrons. The lowest BCUT2D eigenvalue weighted by Gasteiger charge is -1.98. The molecule has 0 aliphatic rings. The van der Waals surface area contributed by atoms with E-state index in [9.17, 15) is 4.79 Å². The van der Waals surface area contributed by atoms with Crippen LogP contribution in [-0.4, -0.2) is 12.7 Å². The summed E-state index contributed by atoms with van der Waals surface area (Å²) in [5.74, 6) is 0. The third-order valence-corrected chi connectivity index (χ3v) is 2.17. The maximum absolute atomic E-state index is 11.6. The molecule has 1 aromatic carbocycles. The van der Waals surface area contributed by atoms with Crippen LogP contribution in [0.2, 0.25) is 0 Å². The van der Waals surface area contributed by atoms with Gasteiger partial charge in [-0.15, -0.1) is 0 Å². The van der Waals surface area contributed by atoms with Gasteiger partial charge < -0.3 is 4.74 Å². The first kappa shape index (κ1) is 9.65. The minimum absolute atomic E-state index is 0.339. The lowest BCUT2D eigenvalue weighted by Crippen LogP contribution is -2.43. The molecule has 3 heteroatoms. The van der Waals surface area contributed by atoms with E-state index < -0.39 is 0 Å². The Kier molecular flexibility index (Phi) is 2.63. The Labute approximate surface area is 87.9 Å². The molecule has 0 N–H and O–H groups in total. The molecule has 15 heavy (non-hydrogen) atoms. The van der Waals surface area contributed by atoms with E-state index in [1.807, 2.05) is 36.4 Å². The standard InChI is InChI=1S/C12H12NO2/c1-2-15-12(14)13-9-5-7-10-6-3-4-8-11(10)13/h3-9H,2H2,1H3/q+1. The molecule has 0 saturated carbocycles. The summed E-state index contributed by atoms with van der Waals surface area (Å²) in [6, 6.07) is 11.5. The van der Waals surface area contributed by atoms with Crippen LogP contribution >= 0.6 is 0 Å². The quantitative estimate of drug-likeness (QED) is 0.663. The van der Waals surface area contributed by atoms with Gasteiger partial charge in [-0.3, -0.25) is 0 Å². The molecule has 0 unspecified atom stereocenters. The normalized spacial score (nSPS) is 10.2. The van der Waals surface area contributed by atoms with Crippen molar-refractivity contribution in [2.24, 2.45) is 0 Å². The molecule has 0 atom stereocenters. The van der Waals surface area contributed by atoms with Gasteiger partial charge in [-0.1, -0.05) is 16.7 Å². The number of fused-ring (bicyclic) bond motifs is 1. The SMILES string of the molecule is CCOC(=O)[n+]1cccc2ccccc21. The van der Waals surface area contributed by atoms with Crippen molar-refractivity contribution in [1.29, 1.82) is 0 Å². The van der Waals surface area contributed by atoms with Crippen molar-refractivity contribution in [2.75, 3.05) is 6.61 Å². The van der Waals surface area contributed by atoms with Crippen LogP contribution in [0.1, 0.15) is 6.92 Å². The zero-order valence-corrected chi connectivity index (χ0v) is 8.51. The zero-order chi connectivity index (χ0) is 10.7. The Morgan fingerprint density at radius 1 is 1.27 bits per heavy atom. The number of carbonyl (C=O) groups is 1. The Hall–Kier alpha value is -1.90. The summed E-state index contributed by atoms with van der Waals surface area (Å²) in [7, 11) is 0. The number of benzene rings is 1. The molecule has 0 saturated heterocycles. The highest BCUT2D eigenvalue weighted by molar-refractivity contribution is 5.78. The number of para-hydroxylation sites is 1. The van der Waals surface area contributed by atoms with E-state index in [0.717, 1.165) is 10.9 Å². The minimum atomic E-state index is -0.339. The summed E-state index contributed by atoms with van der Waals surface area (Å²) in [6.07, 6.45) is 1.37. The van der Waals surface area contributed by atoms with Crippen molar-refractivity contribution in [3.05, 3.63) is 42.6 Å². The van der Waals surface area contributed by atoms with Gasteiger partial charge in [0.25, 0.3) is 0 Å². The van der Waals surface area contributed by atoms with Gasteiger partial charge in [0.15, 0.2) is 6.20 Å². The largest absolute Gasteiger partial charge is 0.602 e. The van der Waals surface area contributed by atoms with Gasteiger partial charge in [0.2, 0.25) is 5.52 Å². The van der Waals surface area contributed by atoms with Crippen LogP contribution in [0.5, 0.6) is 0 Å². The first-order chi connectivity index (χ1) is 7.33. The Balaban J connectivity index is 2.56. The van der Waals surface area contributed by atoms with Gasteiger partial charge in [-0.2, -0.15) is 4.79 Å². The van der Waals surface area contributed by atoms with E-state index in [2.05, 4.69) is 0 Å². The fraction of sp³-hybridized carbons (Fsp3) is 0.167. The average molecular weight is 202 g/mol. The molecule has 2 rings (SSSR count). The lowest BCUT2D eigenvalue weighted by molar-refractivity contribution is -0.558. The molecule has 1 aromatic heterocycles. The summed E-state index contributed by atoms with van der Waals surface area (Å²) >= 11 is 0. The van der Waals surface area contributed by atoms with E-state index in [-0.39, 0.29) is 6.09 Å². The maximum atomic E-state index is 11.6. The molecule has 2 aromatic rings. The van der Waals surface area contributed by atoms with Gasteiger partial charge in [-0.25, -0.2) is 0 Å². The summed E-state index contributed by atoms with van der Waals surface area (Å²) in [5, 5.41) is 1.02. The predicted molar refractivity (Wildman–Crippen MR) is 56.6 cm³/mol. The van der Waals surface area contributed by atoms with Crippen LogP contribution in [0.25, 0.3) is 10.9 Å². The van der Waals surface area contributed by atoms with E-state index >= 15 is 0 Å². The van der Waals surface area contributed by atoms with Crippen molar-refractivity contribution in [3.63, 3.8) is 0 Å². The third kappa shape index (κ3) is 1.81. The zero-order valence-electron chi connectivity index (χ0n) is 8.51. The number of rotatable bonds is 1. The molecule has 0 spiro atoms. The van der Waals surface area contributed by atoms with Crippen LogP contribution in [0.4, 0.5) is 4.79 Å². The number of pyridine rings is 1. The van der Waals surface area contributed by atoms with E-state index in [1.54, 1.807) is 13.1 Å². The van der Waals surface area contributed by atoms with Crippen molar-refractivity contribution < 1.29 is 14.1 Å². The van der Waals surface area contributed by atoms with Crippen LogP contribution < -0.4 is 4.57 Å². The summed E-state index contributed by atoms with van der Waals surface area (Å²) in [5.41, 5.74) is 0.860. The van der Waals surface area contributed by atoms with Crippen LogP contribution in [0.15, 0.2) is 42.6 Å². The molecule has 0 bridgehead atoms. The second kappa shape index (κ2) is 4.09. The molecule has 76 valence electrons. The summed E-state index contributed by atoms with van der Waals surface area (Å²) in [6.45, 7) is 2.18. The van der Waals surface area contributed by atoms with Crippen molar-refractivity contribution in [2.45, 2.75) is 6.92 Å². The van der Waals surface area contributed by atoms with E-state index in [4.69, 9.17) is 4.74 Å². The number of carbonyl (C=O) groups excluding carboxylic acids is 1. The number of ether oxygens (including phenoxy) is 1. The number of hydrogen-bond donors (Lipinski definition) is 0. The highest BCUT2D eigenvalue weighted by atomic mass is 16.5. The van der Waals surface area contributed by atoms with Gasteiger partial charge in [0.05, 0.1) is 6.61 Å². The fourth-order valence-corrected chi connectivity index (χ4v) is 1.51. The maximum Gasteiger partial charge on any atom is 0.602 e. The molecule has 0 amide bonds. The predicted octanol–water partition coefficient (Wildman–Crippen LogP) is 2.13. The van der Waals surface area contributed by atoms with Gasteiger partial charge >= 0.3 is 6.09 Å². The van der Waals surface area contributed by atoms with Gasteiger partial charge in [0.1, 0.15) is 0 Å². The van der Waals surface area contributed by atoms with E-state index in [1.165, 1.54) is 4.57 Å². The topological polar surface area (TPSA) is 30.2 Å². The number of hydrogen-bond acceptors (Lipinski definition) is 2. The van der Waals surface area contributed by atoms with Crippen LogP contribution in [0, 0.1) is 0 Å². The highest BCUT2D eigenvalue weighted by Gasteiger charge is 2.18. The van der Waals surface area contributed by atoms with Crippen LogP contribution in [-0.2, 0) is 4.74 Å². The number of aromatic nitrogens is 1. The monoisotopic (exact) mass is 202 g/mol. The summed E-state index contributed by atoms with van der Waals surface area (Å²) in [4.78, 5) is 11.6. The molecular weight excluding hydrogens is 190 g/mol. The second-order valence-electron chi connectivity index (χ2n) is 3.14. The highest BCUT2D eigenvalue weighted by Crippen LogP contribution is 2.07. The molecule has 0 fully saturated rings. The second-order valence-corrected chi connectivity index (χ2v) is 3.14. The van der Waals surface area contributed by atoms with E-state index in [0.29, 0.717) is 6.61 Å². The Morgan fingerprint density at radius 2 is 2.00 bits per heavy atom. The molecule has 0 aliphatic carbocycles. The molecular formula is C12H12NO2+. The average Bonchev–Trinajstić information content (AvgIpc) is 2.28. The third-order valence-electron chi connectivity index (χ3n) is 2.17. The Morgan fingerprint density at radius 3 is 2.80 bits per heavy atom. The molecule has 0 aliphatic heterocycles. The van der Waals surface area contributed by atoms with Gasteiger partial charge in [-0.05, 0) is 19.1 Å². The Bertz CT molecular complexity index is 488. The van der Waals surface area contributed by atoms with Crippen LogP contribution in [0.3, 0.4) is 0 Å². The first-order valence-electron chi connectivity index (χ1n) is 4.89. The lowest BCUT2D eigenvalue weighted by atomic mass is 10.2. The smallest absolute Gasteiger partial charge is 0.412 e. The fourth-order valence-electron chi connectivity index (χ4n) is 1.51. The first-order valence-corrected chi connectivity index (χ1v) is 4.89. The van der Waals surface area contributed by atoms with Crippen molar-refractivity contribution in [3.8, 4) is 0 Å². The van der Waals surface area contributed by atoms with Gasteiger partial charge in [0, 0.05) is 17.5 Å². The minimum Gasteiger partial charge on any atom is -0.412 e. The molecule has 1 heterocycles. The van der Waals surface area contributed by atoms with Crippen molar-refractivity contribution in [1.82, 2.24) is 0 Å². The summed E-state index contributed by atoms with van der Waals surface area (Å²) < 4.78 is 6.47.